The van der Waals surface area contributed by atoms with Gasteiger partial charge in [-0.25, -0.2) is 9.97 Å². The van der Waals surface area contributed by atoms with Crippen molar-refractivity contribution in [2.24, 2.45) is 0 Å². The van der Waals surface area contributed by atoms with E-state index >= 15 is 0 Å². The van der Waals surface area contributed by atoms with Gasteiger partial charge in [-0.3, -0.25) is 0 Å². The molecule has 5 heterocycles. The number of rotatable bonds is 32. The van der Waals surface area contributed by atoms with Crippen molar-refractivity contribution in [2.75, 3.05) is 134 Å². The number of H-pyrrole nitrogens is 2. The lowest BCUT2D eigenvalue weighted by Crippen LogP contribution is -2.09. The van der Waals surface area contributed by atoms with Crippen LogP contribution in [0.25, 0.3) is 90.9 Å². The number of hydrogen-bond donors (Lipinski definition) is 2. The molecule has 0 radical (unpaired) electrons. The van der Waals surface area contributed by atoms with E-state index in [1.165, 1.54) is 0 Å². The van der Waals surface area contributed by atoms with Crippen LogP contribution in [0.3, 0.4) is 0 Å². The third kappa shape index (κ3) is 15.4. The molecule has 0 saturated carbocycles. The normalized spacial score (nSPS) is 11.8. The van der Waals surface area contributed by atoms with E-state index in [0.29, 0.717) is 106 Å². The maximum absolute atomic E-state index is 6.10. The average molecular weight is 1090 g/mol. The molecule has 418 valence electrons. The number of nitrogens with zero attached hydrogens (tertiary/aromatic N) is 2. The average Bonchev–Trinajstić information content (AvgIpc) is 4.38. The highest BCUT2D eigenvalue weighted by Gasteiger charge is 2.20. The number of fused-ring (bicyclic) bond motifs is 8. The lowest BCUT2D eigenvalue weighted by atomic mass is 10.0. The van der Waals surface area contributed by atoms with E-state index in [-0.39, 0.29) is 0 Å². The molecule has 0 unspecified atom stereocenters. The second-order valence-corrected chi connectivity index (χ2v) is 18.4. The Morgan fingerprint density at radius 2 is 0.475 bits per heavy atom. The van der Waals surface area contributed by atoms with Gasteiger partial charge in [-0.05, 0) is 119 Å². The molecule has 2 aliphatic rings. The number of benzene rings is 4. The highest BCUT2D eigenvalue weighted by atomic mass is 16.6. The molecule has 2 N–H and O–H groups in total. The van der Waals surface area contributed by atoms with Crippen molar-refractivity contribution in [3.8, 4) is 67.5 Å². The zero-order chi connectivity index (χ0) is 55.1. The summed E-state index contributed by atoms with van der Waals surface area (Å²) in [7, 11) is 6.62. The Balaban J connectivity index is 1.20. The number of hydrogen-bond acceptors (Lipinski definition) is 14. The topological polar surface area (TPSA) is 168 Å². The van der Waals surface area contributed by atoms with Crippen molar-refractivity contribution >= 4 is 46.4 Å². The fourth-order valence-electron chi connectivity index (χ4n) is 9.14. The molecule has 16 nitrogen and oxygen atoms in total. The van der Waals surface area contributed by atoms with Crippen LogP contribution in [0, 0.1) is 0 Å². The lowest BCUT2D eigenvalue weighted by molar-refractivity contribution is 0.0544. The van der Waals surface area contributed by atoms with Crippen LogP contribution in [0.4, 0.5) is 0 Å². The Morgan fingerprint density at radius 3 is 0.688 bits per heavy atom. The second-order valence-electron chi connectivity index (χ2n) is 18.4. The van der Waals surface area contributed by atoms with E-state index in [1.54, 1.807) is 28.4 Å². The molecule has 0 fully saturated rings. The summed E-state index contributed by atoms with van der Waals surface area (Å²) >= 11 is 0. The number of ether oxygens (including phenoxy) is 12. The van der Waals surface area contributed by atoms with Gasteiger partial charge in [0.1, 0.15) is 49.4 Å². The molecule has 0 saturated heterocycles. The van der Waals surface area contributed by atoms with Gasteiger partial charge in [0.25, 0.3) is 0 Å². The van der Waals surface area contributed by atoms with E-state index in [1.807, 2.05) is 48.5 Å². The lowest BCUT2D eigenvalue weighted by Gasteiger charge is -2.10. The molecule has 16 heteroatoms. The standard InChI is InChI=1S/C64H70N4O12/c1-69-29-33-73-37-41-77-49-13-5-45(6-14-49)61-53-21-23-55(65-53)62(46-7-15-50(16-8-46)78-42-38-74-34-30-70-2)57-25-27-59(67-57)64(48-11-19-52(20-12-48)80-44-40-76-36-32-72-4)60-28-26-58(68-60)63(56-24-22-54(61)66-56)47-9-17-51(18-10-47)79-43-39-75-35-31-71-3/h5-28,65,68H,29-44H2,1-4H3. The molecule has 0 aliphatic carbocycles. The molecule has 80 heavy (non-hydrogen) atoms. The van der Waals surface area contributed by atoms with Crippen molar-refractivity contribution in [2.45, 2.75) is 0 Å². The second kappa shape index (κ2) is 30.1. The van der Waals surface area contributed by atoms with Crippen molar-refractivity contribution < 1.29 is 56.8 Å². The third-order valence-corrected chi connectivity index (χ3v) is 13.0. The number of methoxy groups -OCH3 is 4. The minimum atomic E-state index is 0.405. The molecule has 8 bridgehead atoms. The molecule has 0 atom stereocenters. The van der Waals surface area contributed by atoms with Gasteiger partial charge in [0, 0.05) is 72.8 Å². The van der Waals surface area contributed by atoms with Gasteiger partial charge < -0.3 is 66.8 Å². The molecule has 9 rings (SSSR count). The Labute approximate surface area is 467 Å². The van der Waals surface area contributed by atoms with Crippen LogP contribution in [0.5, 0.6) is 23.0 Å². The van der Waals surface area contributed by atoms with Crippen molar-refractivity contribution in [3.63, 3.8) is 0 Å². The predicted octanol–water partition coefficient (Wildman–Crippen LogP) is 11.5. The minimum Gasteiger partial charge on any atom is -0.491 e. The van der Waals surface area contributed by atoms with E-state index in [0.717, 1.165) is 112 Å². The molecule has 0 spiro atoms. The quantitative estimate of drug-likeness (QED) is 0.0382. The van der Waals surface area contributed by atoms with Crippen LogP contribution < -0.4 is 18.9 Å². The van der Waals surface area contributed by atoms with Gasteiger partial charge in [-0.1, -0.05) is 48.5 Å². The summed E-state index contributed by atoms with van der Waals surface area (Å²) < 4.78 is 67.4. The van der Waals surface area contributed by atoms with Gasteiger partial charge in [0.05, 0.1) is 102 Å². The van der Waals surface area contributed by atoms with Crippen molar-refractivity contribution in [3.05, 3.63) is 144 Å². The summed E-state index contributed by atoms with van der Waals surface area (Å²) in [6.07, 6.45) is 8.33. The molecular formula is C64H70N4O12. The van der Waals surface area contributed by atoms with E-state index in [2.05, 4.69) is 107 Å². The monoisotopic (exact) mass is 1090 g/mol. The zero-order valence-electron chi connectivity index (χ0n) is 46.0. The Bertz CT molecular complexity index is 2850. The van der Waals surface area contributed by atoms with Crippen LogP contribution in [0.2, 0.25) is 0 Å². The van der Waals surface area contributed by atoms with Crippen LogP contribution >= 0.6 is 0 Å². The summed E-state index contributed by atoms with van der Waals surface area (Å²) in [4.78, 5) is 18.7. The zero-order valence-corrected chi connectivity index (χ0v) is 46.0. The first-order chi connectivity index (χ1) is 39.5. The van der Waals surface area contributed by atoms with E-state index in [4.69, 9.17) is 66.8 Å². The summed E-state index contributed by atoms with van der Waals surface area (Å²) in [5, 5.41) is 0. The Hall–Kier alpha value is -7.64. The molecule has 7 aromatic rings. The first kappa shape index (κ1) is 57.1. The minimum absolute atomic E-state index is 0.405. The van der Waals surface area contributed by atoms with Gasteiger partial charge in [0.15, 0.2) is 0 Å². The maximum atomic E-state index is 6.10. The fourth-order valence-corrected chi connectivity index (χ4v) is 9.14. The molecule has 0 amide bonds. The van der Waals surface area contributed by atoms with Crippen molar-refractivity contribution in [1.29, 1.82) is 0 Å². The largest absolute Gasteiger partial charge is 0.491 e. The molecule has 3 aromatic heterocycles. The fraction of sp³-hybridized carbons (Fsp3) is 0.312. The van der Waals surface area contributed by atoms with Crippen LogP contribution in [-0.4, -0.2) is 154 Å². The summed E-state index contributed by atoms with van der Waals surface area (Å²) in [5.41, 5.74) is 13.9. The first-order valence-corrected chi connectivity index (χ1v) is 26.9. The van der Waals surface area contributed by atoms with E-state index < -0.39 is 0 Å². The smallest absolute Gasteiger partial charge is 0.119 e. The van der Waals surface area contributed by atoms with Crippen molar-refractivity contribution in [1.82, 2.24) is 19.9 Å². The summed E-state index contributed by atoms with van der Waals surface area (Å²) in [6, 6.07) is 40.8. The summed E-state index contributed by atoms with van der Waals surface area (Å²) in [6.45, 7) is 7.55. The molecule has 2 aliphatic heterocycles. The number of aromatic amines is 2. The maximum Gasteiger partial charge on any atom is 0.119 e. The van der Waals surface area contributed by atoms with Crippen LogP contribution in [-0.2, 0) is 37.9 Å². The summed E-state index contributed by atoms with van der Waals surface area (Å²) in [5.74, 6) is 2.91. The van der Waals surface area contributed by atoms with E-state index in [9.17, 15) is 0 Å². The van der Waals surface area contributed by atoms with Crippen LogP contribution in [0.15, 0.2) is 121 Å². The predicted molar refractivity (Wildman–Crippen MR) is 313 cm³/mol. The molecular weight excluding hydrogens is 1020 g/mol. The highest BCUT2D eigenvalue weighted by Crippen LogP contribution is 2.39. The first-order valence-electron chi connectivity index (χ1n) is 26.9. The molecule has 4 aromatic carbocycles. The van der Waals surface area contributed by atoms with Gasteiger partial charge in [-0.2, -0.15) is 0 Å². The van der Waals surface area contributed by atoms with Gasteiger partial charge in [0.2, 0.25) is 0 Å². The SMILES string of the molecule is COCCOCCOc1ccc(-c2c3nc(c(-c4ccc(OCCOCCOC)cc4)c4ccc([nH]4)c(-c4ccc(OCCOCCOC)cc4)c4nc(c(-c5ccc(OCCOCCOC)cc5)c5ccc2[nH]5)C=C4)C=C3)cc1. The van der Waals surface area contributed by atoms with Gasteiger partial charge >= 0.3 is 0 Å². The Morgan fingerprint density at radius 1 is 0.263 bits per heavy atom. The van der Waals surface area contributed by atoms with Crippen LogP contribution in [0.1, 0.15) is 22.8 Å². The Kier molecular flexibility index (Phi) is 21.5. The number of nitrogens with one attached hydrogen (secondary N) is 2. The highest BCUT2D eigenvalue weighted by molar-refractivity contribution is 6.00. The number of aromatic nitrogens is 4. The third-order valence-electron chi connectivity index (χ3n) is 13.0. The van der Waals surface area contributed by atoms with Gasteiger partial charge in [-0.15, -0.1) is 0 Å².